The molecule has 0 saturated heterocycles. The molecule has 0 unspecified atom stereocenters. The van der Waals surface area contributed by atoms with Crippen LogP contribution in [0.15, 0.2) is 85.2 Å². The highest BCUT2D eigenvalue weighted by Gasteiger charge is 2.24. The van der Waals surface area contributed by atoms with Gasteiger partial charge in [0.2, 0.25) is 17.7 Å². The molecule has 3 aromatic carbocycles. The van der Waals surface area contributed by atoms with Gasteiger partial charge in [0.1, 0.15) is 6.04 Å². The molecule has 4 rings (SSSR count). The molecule has 10 nitrogen and oxygen atoms in total. The first-order valence-corrected chi connectivity index (χ1v) is 14.0. The first kappa shape index (κ1) is 30.1. The third kappa shape index (κ3) is 8.57. The molecule has 4 amide bonds. The molecule has 5 N–H and O–H groups in total. The van der Waals surface area contributed by atoms with E-state index in [4.69, 9.17) is 5.73 Å². The van der Waals surface area contributed by atoms with Crippen LogP contribution in [0.1, 0.15) is 29.8 Å². The number of nitrogens with two attached hydrogens (primary N) is 1. The smallest absolute Gasteiger partial charge is 0.251 e. The van der Waals surface area contributed by atoms with E-state index in [1.165, 1.54) is 0 Å². The summed E-state index contributed by atoms with van der Waals surface area (Å²) >= 11 is 0. The van der Waals surface area contributed by atoms with Gasteiger partial charge in [-0.15, -0.1) is 0 Å². The lowest BCUT2D eigenvalue weighted by atomic mass is 10.0. The Balaban J connectivity index is 1.31. The average molecular weight is 571 g/mol. The van der Waals surface area contributed by atoms with Gasteiger partial charge in [-0.25, -0.2) is 0 Å². The third-order valence-corrected chi connectivity index (χ3v) is 7.05. The van der Waals surface area contributed by atoms with Gasteiger partial charge in [0.05, 0.1) is 25.8 Å². The summed E-state index contributed by atoms with van der Waals surface area (Å²) in [5.41, 5.74) is 6.97. The molecule has 220 valence electrons. The summed E-state index contributed by atoms with van der Waals surface area (Å²) in [5, 5.41) is 10.5. The Morgan fingerprint density at radius 2 is 1.52 bits per heavy atom. The Morgan fingerprint density at radius 1 is 0.833 bits per heavy atom. The molecular formula is C32H38N6O4. The number of hydrogen-bond donors (Lipinski definition) is 4. The van der Waals surface area contributed by atoms with Crippen LogP contribution >= 0.6 is 0 Å². The molecule has 1 heterocycles. The standard InChI is InChI=1S/C32H38N6O4/c1-22(2)30(31(33)41)36-29(40)20-38-15-14-37(21-38)19-27(16-23-8-4-3-5-9-23)35-28(39)18-34-32(42)26-13-12-24-10-6-7-11-25(24)17-26/h3-15,17,22,27,30H,16,18-21H2,1-2H3,(H2,33,41)(H,34,42)(H,35,39)(H,36,40)/t27-,30-/m0/s1. The van der Waals surface area contributed by atoms with Crippen molar-refractivity contribution < 1.29 is 19.2 Å². The highest BCUT2D eigenvalue weighted by molar-refractivity contribution is 6.00. The second-order valence-electron chi connectivity index (χ2n) is 10.8. The highest BCUT2D eigenvalue weighted by atomic mass is 16.2. The normalized spacial score (nSPS) is 14.1. The van der Waals surface area contributed by atoms with Gasteiger partial charge in [-0.05, 0) is 40.8 Å². The highest BCUT2D eigenvalue weighted by Crippen LogP contribution is 2.16. The number of nitrogens with zero attached hydrogens (tertiary/aromatic N) is 2. The molecule has 0 fully saturated rings. The summed E-state index contributed by atoms with van der Waals surface area (Å²) in [6.45, 7) is 4.49. The van der Waals surface area contributed by atoms with Gasteiger partial charge >= 0.3 is 0 Å². The number of benzene rings is 3. The maximum absolute atomic E-state index is 12.9. The Bertz CT molecular complexity index is 1440. The summed E-state index contributed by atoms with van der Waals surface area (Å²) < 4.78 is 0. The zero-order chi connectivity index (χ0) is 30.1. The van der Waals surface area contributed by atoms with E-state index in [1.54, 1.807) is 12.3 Å². The first-order valence-electron chi connectivity index (χ1n) is 14.0. The van der Waals surface area contributed by atoms with Crippen molar-refractivity contribution in [3.8, 4) is 0 Å². The Hall–Kier alpha value is -4.86. The van der Waals surface area contributed by atoms with Crippen molar-refractivity contribution in [3.05, 3.63) is 96.3 Å². The van der Waals surface area contributed by atoms with Crippen LogP contribution in [-0.4, -0.2) is 71.8 Å². The fraction of sp³-hybridized carbons (Fsp3) is 0.312. The minimum Gasteiger partial charge on any atom is -0.368 e. The van der Waals surface area contributed by atoms with Crippen molar-refractivity contribution in [1.82, 2.24) is 25.8 Å². The second-order valence-corrected chi connectivity index (χ2v) is 10.8. The number of carbonyl (C=O) groups excluding carboxylic acids is 4. The van der Waals surface area contributed by atoms with E-state index < -0.39 is 11.9 Å². The Morgan fingerprint density at radius 3 is 2.24 bits per heavy atom. The van der Waals surface area contributed by atoms with E-state index in [1.807, 2.05) is 96.6 Å². The van der Waals surface area contributed by atoms with Crippen molar-refractivity contribution >= 4 is 34.4 Å². The molecular weight excluding hydrogens is 532 g/mol. The molecule has 0 saturated carbocycles. The monoisotopic (exact) mass is 570 g/mol. The van der Waals surface area contributed by atoms with Crippen LogP contribution in [0.3, 0.4) is 0 Å². The van der Waals surface area contributed by atoms with Gasteiger partial charge < -0.3 is 31.5 Å². The average Bonchev–Trinajstić information content (AvgIpc) is 3.40. The lowest BCUT2D eigenvalue weighted by molar-refractivity contribution is -0.128. The van der Waals surface area contributed by atoms with E-state index in [2.05, 4.69) is 16.0 Å². The first-order chi connectivity index (χ1) is 20.2. The molecule has 3 aromatic rings. The lowest BCUT2D eigenvalue weighted by Gasteiger charge is -2.27. The molecule has 1 aliphatic heterocycles. The van der Waals surface area contributed by atoms with Crippen molar-refractivity contribution in [1.29, 1.82) is 0 Å². The number of hydrogen-bond acceptors (Lipinski definition) is 6. The number of carbonyl (C=O) groups is 4. The summed E-state index contributed by atoms with van der Waals surface area (Å²) in [6, 6.07) is 22.1. The molecule has 42 heavy (non-hydrogen) atoms. The summed E-state index contributed by atoms with van der Waals surface area (Å²) in [5.74, 6) is -1.59. The largest absolute Gasteiger partial charge is 0.368 e. The van der Waals surface area contributed by atoms with Crippen LogP contribution in [0, 0.1) is 5.92 Å². The van der Waals surface area contributed by atoms with Crippen LogP contribution in [0.25, 0.3) is 10.8 Å². The van der Waals surface area contributed by atoms with Crippen LogP contribution in [0.4, 0.5) is 0 Å². The predicted molar refractivity (Wildman–Crippen MR) is 162 cm³/mol. The minimum atomic E-state index is -0.729. The van der Waals surface area contributed by atoms with Crippen molar-refractivity contribution in [3.63, 3.8) is 0 Å². The van der Waals surface area contributed by atoms with Gasteiger partial charge in [0.25, 0.3) is 5.91 Å². The number of amides is 4. The summed E-state index contributed by atoms with van der Waals surface area (Å²) in [6.07, 6.45) is 4.26. The van der Waals surface area contributed by atoms with Crippen molar-refractivity contribution in [2.45, 2.75) is 32.4 Å². The molecule has 0 aromatic heterocycles. The van der Waals surface area contributed by atoms with Gasteiger partial charge in [0, 0.05) is 24.5 Å². The van der Waals surface area contributed by atoms with Crippen LogP contribution in [-0.2, 0) is 20.8 Å². The summed E-state index contributed by atoms with van der Waals surface area (Å²) in [7, 11) is 0. The molecule has 0 bridgehead atoms. The SMILES string of the molecule is CC(C)[C@H](NC(=O)CN1C=CN(C[C@H](Cc2ccccc2)NC(=O)CNC(=O)c2ccc3ccccc3c2)C1)C(N)=O. The minimum absolute atomic E-state index is 0.0695. The fourth-order valence-corrected chi connectivity index (χ4v) is 4.92. The topological polar surface area (TPSA) is 137 Å². The maximum atomic E-state index is 12.9. The Labute approximate surface area is 245 Å². The number of rotatable bonds is 13. The third-order valence-electron chi connectivity index (χ3n) is 7.05. The molecule has 1 aliphatic rings. The molecule has 2 atom stereocenters. The van der Waals surface area contributed by atoms with Crippen LogP contribution in [0.5, 0.6) is 0 Å². The zero-order valence-electron chi connectivity index (χ0n) is 24.0. The maximum Gasteiger partial charge on any atom is 0.251 e. The quantitative estimate of drug-likeness (QED) is 0.248. The molecule has 0 spiro atoms. The second kappa shape index (κ2) is 14.2. The van der Waals surface area contributed by atoms with Crippen molar-refractivity contribution in [2.75, 3.05) is 26.3 Å². The van der Waals surface area contributed by atoms with E-state index in [0.717, 1.165) is 16.3 Å². The van der Waals surface area contributed by atoms with Crippen LogP contribution < -0.4 is 21.7 Å². The Kier molecular flexibility index (Phi) is 10.1. The van der Waals surface area contributed by atoms with Crippen molar-refractivity contribution in [2.24, 2.45) is 11.7 Å². The summed E-state index contributed by atoms with van der Waals surface area (Å²) in [4.78, 5) is 53.7. The van der Waals surface area contributed by atoms with Gasteiger partial charge in [-0.2, -0.15) is 0 Å². The zero-order valence-corrected chi connectivity index (χ0v) is 24.0. The van der Waals surface area contributed by atoms with E-state index in [0.29, 0.717) is 25.2 Å². The van der Waals surface area contributed by atoms with E-state index >= 15 is 0 Å². The molecule has 10 heteroatoms. The molecule has 0 aliphatic carbocycles. The number of primary amides is 1. The van der Waals surface area contributed by atoms with Gasteiger partial charge in [0.15, 0.2) is 0 Å². The number of nitrogens with one attached hydrogen (secondary N) is 3. The fourth-order valence-electron chi connectivity index (χ4n) is 4.92. The molecule has 0 radical (unpaired) electrons. The van der Waals surface area contributed by atoms with E-state index in [-0.39, 0.29) is 42.8 Å². The van der Waals surface area contributed by atoms with Gasteiger partial charge in [-0.1, -0.05) is 74.5 Å². The number of fused-ring (bicyclic) bond motifs is 1. The predicted octanol–water partition coefficient (Wildman–Crippen LogP) is 1.97. The van der Waals surface area contributed by atoms with Gasteiger partial charge in [-0.3, -0.25) is 19.2 Å². The lowest BCUT2D eigenvalue weighted by Crippen LogP contribution is -2.50. The van der Waals surface area contributed by atoms with Crippen LogP contribution in [0.2, 0.25) is 0 Å². The van der Waals surface area contributed by atoms with E-state index in [9.17, 15) is 19.2 Å².